The van der Waals surface area contributed by atoms with Crippen molar-refractivity contribution in [2.45, 2.75) is 51.5 Å². The van der Waals surface area contributed by atoms with Crippen molar-refractivity contribution in [2.75, 3.05) is 19.6 Å². The van der Waals surface area contributed by atoms with Gasteiger partial charge in [-0.3, -0.25) is 9.59 Å². The highest BCUT2D eigenvalue weighted by Crippen LogP contribution is 2.27. The second-order valence-corrected chi connectivity index (χ2v) is 8.06. The molecule has 2 aromatic rings. The van der Waals surface area contributed by atoms with Crippen LogP contribution in [0.15, 0.2) is 36.5 Å². The van der Waals surface area contributed by atoms with E-state index >= 15 is 0 Å². The molecule has 6 nitrogen and oxygen atoms in total. The summed E-state index contributed by atoms with van der Waals surface area (Å²) in [5, 5.41) is 0. The summed E-state index contributed by atoms with van der Waals surface area (Å²) in [6.07, 6.45) is 5.98. The van der Waals surface area contributed by atoms with Gasteiger partial charge in [0.15, 0.2) is 0 Å². The summed E-state index contributed by atoms with van der Waals surface area (Å²) in [5.41, 5.74) is 3.30. The average Bonchev–Trinajstić information content (AvgIpc) is 2.77. The normalized spacial score (nSPS) is 19.0. The predicted octanol–water partition coefficient (Wildman–Crippen LogP) is 2.72. The molecule has 0 spiro atoms. The second-order valence-electron chi connectivity index (χ2n) is 8.06. The number of likely N-dealkylation sites (tertiary alicyclic amines) is 1. The maximum absolute atomic E-state index is 12.7. The van der Waals surface area contributed by atoms with Crippen LogP contribution in [0.25, 0.3) is 0 Å². The number of aryl methyl sites for hydroxylation is 1. The van der Waals surface area contributed by atoms with Crippen molar-refractivity contribution in [1.29, 1.82) is 0 Å². The Balaban J connectivity index is 1.38. The molecule has 0 bridgehead atoms. The number of fused-ring (bicyclic) bond motifs is 1. The Morgan fingerprint density at radius 2 is 1.97 bits per heavy atom. The van der Waals surface area contributed by atoms with E-state index in [-0.39, 0.29) is 17.7 Å². The van der Waals surface area contributed by atoms with Crippen LogP contribution in [0.1, 0.15) is 54.7 Å². The topological polar surface area (TPSA) is 66.4 Å². The van der Waals surface area contributed by atoms with Crippen LogP contribution < -0.4 is 0 Å². The van der Waals surface area contributed by atoms with Gasteiger partial charge in [0.05, 0.1) is 5.69 Å². The maximum Gasteiger partial charge on any atom is 0.222 e. The number of piperidine rings is 1. The van der Waals surface area contributed by atoms with Gasteiger partial charge in [0.2, 0.25) is 11.8 Å². The number of carbonyl (C=O) groups excluding carboxylic acids is 2. The molecule has 6 heteroatoms. The SMILES string of the molecule is CC(=O)N1CCc2nc([C@@H]3CCCN(C(=O)CCc4ccccc4)C3)ncc2C1. The van der Waals surface area contributed by atoms with E-state index in [2.05, 4.69) is 17.1 Å². The largest absolute Gasteiger partial charge is 0.342 e. The van der Waals surface area contributed by atoms with E-state index in [9.17, 15) is 9.59 Å². The van der Waals surface area contributed by atoms with Gasteiger partial charge in [0.25, 0.3) is 0 Å². The van der Waals surface area contributed by atoms with E-state index in [4.69, 9.17) is 4.98 Å². The van der Waals surface area contributed by atoms with Crippen LogP contribution in [-0.2, 0) is 29.0 Å². The highest BCUT2D eigenvalue weighted by molar-refractivity contribution is 5.76. The zero-order chi connectivity index (χ0) is 20.2. The molecule has 2 aliphatic heterocycles. The fourth-order valence-electron chi connectivity index (χ4n) is 4.27. The lowest BCUT2D eigenvalue weighted by atomic mass is 9.96. The zero-order valence-electron chi connectivity index (χ0n) is 17.0. The first kappa shape index (κ1) is 19.6. The van der Waals surface area contributed by atoms with Gasteiger partial charge in [-0.2, -0.15) is 0 Å². The van der Waals surface area contributed by atoms with Gasteiger partial charge in [-0.1, -0.05) is 30.3 Å². The van der Waals surface area contributed by atoms with E-state index in [1.165, 1.54) is 5.56 Å². The number of carbonyl (C=O) groups is 2. The zero-order valence-corrected chi connectivity index (χ0v) is 17.0. The number of hydrogen-bond donors (Lipinski definition) is 0. The van der Waals surface area contributed by atoms with Crippen LogP contribution in [0.4, 0.5) is 0 Å². The Kier molecular flexibility index (Phi) is 5.88. The molecule has 0 radical (unpaired) electrons. The summed E-state index contributed by atoms with van der Waals surface area (Å²) in [6.45, 7) is 4.44. The van der Waals surface area contributed by atoms with Gasteiger partial charge in [-0.15, -0.1) is 0 Å². The molecule has 1 aromatic heterocycles. The third-order valence-corrected chi connectivity index (χ3v) is 6.01. The third kappa shape index (κ3) is 4.63. The van der Waals surface area contributed by atoms with Crippen LogP contribution in [0.2, 0.25) is 0 Å². The van der Waals surface area contributed by atoms with Gasteiger partial charge in [-0.05, 0) is 24.8 Å². The molecule has 1 aromatic carbocycles. The molecule has 4 rings (SSSR count). The minimum Gasteiger partial charge on any atom is -0.342 e. The second kappa shape index (κ2) is 8.72. The first-order valence-electron chi connectivity index (χ1n) is 10.5. The molecule has 0 aliphatic carbocycles. The summed E-state index contributed by atoms with van der Waals surface area (Å²) in [7, 11) is 0. The molecule has 152 valence electrons. The van der Waals surface area contributed by atoms with Gasteiger partial charge in [-0.25, -0.2) is 9.97 Å². The van der Waals surface area contributed by atoms with Crippen LogP contribution in [0.5, 0.6) is 0 Å². The standard InChI is InChI=1S/C23H28N4O2/c1-17(28)26-13-11-21-20(16-26)14-24-23(25-21)19-8-5-12-27(15-19)22(29)10-9-18-6-3-2-4-7-18/h2-4,6-7,14,19H,5,8-13,15-16H2,1H3/t19-/m1/s1. The number of amides is 2. The Hall–Kier alpha value is -2.76. The van der Waals surface area contributed by atoms with Crippen LogP contribution in [0.3, 0.4) is 0 Å². The fraction of sp³-hybridized carbons (Fsp3) is 0.478. The quantitative estimate of drug-likeness (QED) is 0.802. The average molecular weight is 393 g/mol. The smallest absolute Gasteiger partial charge is 0.222 e. The first-order chi connectivity index (χ1) is 14.1. The number of nitrogens with zero attached hydrogens (tertiary/aromatic N) is 4. The molecular formula is C23H28N4O2. The Morgan fingerprint density at radius 3 is 2.76 bits per heavy atom. The van der Waals surface area contributed by atoms with Crippen molar-refractivity contribution in [2.24, 2.45) is 0 Å². The summed E-state index contributed by atoms with van der Waals surface area (Å²) in [6, 6.07) is 10.2. The molecule has 3 heterocycles. The molecule has 0 saturated carbocycles. The van der Waals surface area contributed by atoms with Gasteiger partial charge in [0.1, 0.15) is 5.82 Å². The fourth-order valence-corrected chi connectivity index (χ4v) is 4.27. The lowest BCUT2D eigenvalue weighted by Crippen LogP contribution is -2.40. The van der Waals surface area contributed by atoms with Gasteiger partial charge < -0.3 is 9.80 Å². The number of benzene rings is 1. The molecule has 0 N–H and O–H groups in total. The van der Waals surface area contributed by atoms with Crippen molar-refractivity contribution in [3.8, 4) is 0 Å². The monoisotopic (exact) mass is 392 g/mol. The van der Waals surface area contributed by atoms with Crippen molar-refractivity contribution < 1.29 is 9.59 Å². The molecular weight excluding hydrogens is 364 g/mol. The van der Waals surface area contributed by atoms with E-state index in [1.807, 2.05) is 34.2 Å². The van der Waals surface area contributed by atoms with Gasteiger partial charge in [0, 0.05) is 63.6 Å². The molecule has 2 amide bonds. The number of rotatable bonds is 4. The third-order valence-electron chi connectivity index (χ3n) is 6.01. The number of aromatic nitrogens is 2. The van der Waals surface area contributed by atoms with Crippen LogP contribution in [-0.4, -0.2) is 51.2 Å². The molecule has 0 unspecified atom stereocenters. The molecule has 29 heavy (non-hydrogen) atoms. The van der Waals surface area contributed by atoms with Crippen molar-refractivity contribution >= 4 is 11.8 Å². The molecule has 1 fully saturated rings. The van der Waals surface area contributed by atoms with E-state index in [0.29, 0.717) is 26.1 Å². The molecule has 2 aliphatic rings. The molecule has 1 saturated heterocycles. The maximum atomic E-state index is 12.7. The predicted molar refractivity (Wildman–Crippen MR) is 110 cm³/mol. The van der Waals surface area contributed by atoms with E-state index < -0.39 is 0 Å². The van der Waals surface area contributed by atoms with Crippen molar-refractivity contribution in [3.05, 3.63) is 59.2 Å². The lowest BCUT2D eigenvalue weighted by Gasteiger charge is -2.33. The Bertz CT molecular complexity index is 884. The highest BCUT2D eigenvalue weighted by atomic mass is 16.2. The number of hydrogen-bond acceptors (Lipinski definition) is 4. The van der Waals surface area contributed by atoms with E-state index in [1.54, 1.807) is 6.92 Å². The van der Waals surface area contributed by atoms with Crippen molar-refractivity contribution in [3.63, 3.8) is 0 Å². The van der Waals surface area contributed by atoms with Gasteiger partial charge >= 0.3 is 0 Å². The lowest BCUT2D eigenvalue weighted by molar-refractivity contribution is -0.132. The van der Waals surface area contributed by atoms with E-state index in [0.717, 1.165) is 49.3 Å². The first-order valence-corrected chi connectivity index (χ1v) is 10.5. The summed E-state index contributed by atoms with van der Waals surface area (Å²) in [4.78, 5) is 37.6. The highest BCUT2D eigenvalue weighted by Gasteiger charge is 2.28. The summed E-state index contributed by atoms with van der Waals surface area (Å²) >= 11 is 0. The summed E-state index contributed by atoms with van der Waals surface area (Å²) < 4.78 is 0. The summed E-state index contributed by atoms with van der Waals surface area (Å²) in [5.74, 6) is 1.35. The van der Waals surface area contributed by atoms with Crippen molar-refractivity contribution in [1.82, 2.24) is 19.8 Å². The van der Waals surface area contributed by atoms with Crippen LogP contribution in [0, 0.1) is 0 Å². The Labute approximate surface area is 172 Å². The minimum absolute atomic E-state index is 0.0941. The minimum atomic E-state index is 0.0941. The Morgan fingerprint density at radius 1 is 1.14 bits per heavy atom. The molecule has 1 atom stereocenters. The van der Waals surface area contributed by atoms with Crippen LogP contribution >= 0.6 is 0 Å².